The molecule has 0 aliphatic rings. The number of hydrogen-bond donors (Lipinski definition) is 2. The average Bonchev–Trinajstić information content (AvgIpc) is 2.95. The van der Waals surface area contributed by atoms with E-state index in [0.29, 0.717) is 0 Å². The first-order valence-corrected chi connectivity index (χ1v) is 9.91. The van der Waals surface area contributed by atoms with Gasteiger partial charge in [0.25, 0.3) is 0 Å². The smallest absolute Gasteiger partial charge is 0.190 e. The number of aromatic nitrogens is 2. The molecule has 0 aliphatic carbocycles. The molecule has 142 valence electrons. The van der Waals surface area contributed by atoms with Gasteiger partial charge in [0.1, 0.15) is 5.82 Å². The molecule has 2 aromatic rings. The molecule has 26 heavy (non-hydrogen) atoms. The summed E-state index contributed by atoms with van der Waals surface area (Å²) in [7, 11) is 1.78. The van der Waals surface area contributed by atoms with Crippen molar-refractivity contribution in [1.29, 1.82) is 0 Å². The Morgan fingerprint density at radius 1 is 1.15 bits per heavy atom. The van der Waals surface area contributed by atoms with E-state index in [0.717, 1.165) is 54.8 Å². The van der Waals surface area contributed by atoms with Crippen LogP contribution in [-0.2, 0) is 6.54 Å². The molecule has 1 aromatic heterocycles. The summed E-state index contributed by atoms with van der Waals surface area (Å²) >= 11 is 1.73. The predicted molar refractivity (Wildman–Crippen MR) is 107 cm³/mol. The zero-order chi connectivity index (χ0) is 18.8. The molecule has 0 atom stereocenters. The molecule has 7 heteroatoms. The number of thioether (sulfide) groups is 1. The van der Waals surface area contributed by atoms with Gasteiger partial charge in [0.05, 0.1) is 5.69 Å². The molecule has 5 nitrogen and oxygen atoms in total. The number of aryl methyl sites for hydroxylation is 3. The monoisotopic (exact) mass is 377 g/mol. The minimum Gasteiger partial charge on any atom is -0.356 e. The average molecular weight is 378 g/mol. The third kappa shape index (κ3) is 7.07. The minimum atomic E-state index is -0.191. The summed E-state index contributed by atoms with van der Waals surface area (Å²) in [6, 6.07) is 8.72. The topological polar surface area (TPSA) is 54.2 Å². The van der Waals surface area contributed by atoms with E-state index in [9.17, 15) is 4.39 Å². The molecule has 1 aromatic carbocycles. The lowest BCUT2D eigenvalue weighted by Gasteiger charge is -2.12. The van der Waals surface area contributed by atoms with E-state index >= 15 is 0 Å². The molecule has 0 saturated carbocycles. The summed E-state index contributed by atoms with van der Waals surface area (Å²) in [6.07, 6.45) is 2.00. The largest absolute Gasteiger partial charge is 0.356 e. The number of benzene rings is 1. The number of halogens is 1. The molecule has 0 amide bonds. The lowest BCUT2D eigenvalue weighted by molar-refractivity contribution is 0.555. The van der Waals surface area contributed by atoms with Crippen LogP contribution in [0.4, 0.5) is 4.39 Å². The Morgan fingerprint density at radius 3 is 2.46 bits per heavy atom. The van der Waals surface area contributed by atoms with Crippen molar-refractivity contribution in [2.75, 3.05) is 25.9 Å². The Bertz CT molecular complexity index is 696. The molecule has 0 bridgehead atoms. The number of guanidine groups is 1. The van der Waals surface area contributed by atoms with Crippen molar-refractivity contribution in [1.82, 2.24) is 20.4 Å². The summed E-state index contributed by atoms with van der Waals surface area (Å²) in [6.45, 7) is 6.70. The third-order valence-electron chi connectivity index (χ3n) is 3.86. The van der Waals surface area contributed by atoms with Crippen LogP contribution < -0.4 is 10.6 Å². The Hall–Kier alpha value is -2.02. The first-order valence-electron chi connectivity index (χ1n) is 8.92. The van der Waals surface area contributed by atoms with E-state index in [-0.39, 0.29) is 5.82 Å². The SMILES string of the molecule is CN=C(NCCCSc1ccc(F)cc1)NCCCn1nc(C)cc1C. The van der Waals surface area contributed by atoms with Crippen LogP contribution in [0.25, 0.3) is 0 Å². The van der Waals surface area contributed by atoms with Gasteiger partial charge in [-0.2, -0.15) is 5.10 Å². The van der Waals surface area contributed by atoms with E-state index < -0.39 is 0 Å². The lowest BCUT2D eigenvalue weighted by atomic mass is 10.4. The van der Waals surface area contributed by atoms with Gasteiger partial charge in [0.15, 0.2) is 5.96 Å². The number of hydrogen-bond acceptors (Lipinski definition) is 3. The first kappa shape index (κ1) is 20.3. The normalized spacial score (nSPS) is 11.6. The molecular formula is C19H28FN5S. The lowest BCUT2D eigenvalue weighted by Crippen LogP contribution is -2.38. The Kier molecular flexibility index (Phi) is 8.47. The molecule has 0 fully saturated rings. The van der Waals surface area contributed by atoms with E-state index in [1.54, 1.807) is 18.8 Å². The van der Waals surface area contributed by atoms with Crippen LogP contribution in [0.15, 0.2) is 40.2 Å². The van der Waals surface area contributed by atoms with Gasteiger partial charge >= 0.3 is 0 Å². The fraction of sp³-hybridized carbons (Fsp3) is 0.474. The fourth-order valence-corrected chi connectivity index (χ4v) is 3.41. The summed E-state index contributed by atoms with van der Waals surface area (Å²) in [5.41, 5.74) is 2.26. The van der Waals surface area contributed by atoms with Crippen LogP contribution in [0.3, 0.4) is 0 Å². The highest BCUT2D eigenvalue weighted by Gasteiger charge is 2.01. The Morgan fingerprint density at radius 2 is 1.85 bits per heavy atom. The van der Waals surface area contributed by atoms with Gasteiger partial charge in [-0.05, 0) is 62.8 Å². The van der Waals surface area contributed by atoms with Crippen molar-refractivity contribution in [3.63, 3.8) is 0 Å². The second-order valence-electron chi connectivity index (χ2n) is 6.09. The molecule has 0 aliphatic heterocycles. The standard InChI is InChI=1S/C19H28FN5S/c1-15-14-16(2)25(24-15)12-4-10-22-19(21-3)23-11-5-13-26-18-8-6-17(20)7-9-18/h6-9,14H,4-5,10-13H2,1-3H3,(H2,21,22,23). The van der Waals surface area contributed by atoms with Crippen molar-refractivity contribution in [2.24, 2.45) is 4.99 Å². The van der Waals surface area contributed by atoms with Crippen molar-refractivity contribution in [3.8, 4) is 0 Å². The van der Waals surface area contributed by atoms with Gasteiger partial charge < -0.3 is 10.6 Å². The van der Waals surface area contributed by atoms with Gasteiger partial charge in [-0.3, -0.25) is 9.67 Å². The van der Waals surface area contributed by atoms with Gasteiger partial charge in [-0.15, -0.1) is 11.8 Å². The van der Waals surface area contributed by atoms with Crippen molar-refractivity contribution >= 4 is 17.7 Å². The van der Waals surface area contributed by atoms with E-state index in [1.807, 2.05) is 23.7 Å². The maximum Gasteiger partial charge on any atom is 0.190 e. The molecule has 0 unspecified atom stereocenters. The van der Waals surface area contributed by atoms with Crippen LogP contribution >= 0.6 is 11.8 Å². The third-order valence-corrected chi connectivity index (χ3v) is 4.96. The second-order valence-corrected chi connectivity index (χ2v) is 7.25. The maximum atomic E-state index is 12.9. The van der Waals surface area contributed by atoms with Crippen LogP contribution in [-0.4, -0.2) is 41.6 Å². The highest BCUT2D eigenvalue weighted by molar-refractivity contribution is 7.99. The maximum absolute atomic E-state index is 12.9. The van der Waals surface area contributed by atoms with E-state index in [2.05, 4.69) is 33.7 Å². The zero-order valence-corrected chi connectivity index (χ0v) is 16.6. The summed E-state index contributed by atoms with van der Waals surface area (Å²) in [5, 5.41) is 11.1. The van der Waals surface area contributed by atoms with Crippen molar-refractivity contribution < 1.29 is 4.39 Å². The molecular weight excluding hydrogens is 349 g/mol. The summed E-state index contributed by atoms with van der Waals surface area (Å²) in [5.74, 6) is 1.61. The van der Waals surface area contributed by atoms with Crippen LogP contribution in [0.5, 0.6) is 0 Å². The van der Waals surface area contributed by atoms with Gasteiger partial charge in [-0.1, -0.05) is 0 Å². The minimum absolute atomic E-state index is 0.191. The highest BCUT2D eigenvalue weighted by atomic mass is 32.2. The number of rotatable bonds is 9. The van der Waals surface area contributed by atoms with Gasteiger partial charge in [-0.25, -0.2) is 4.39 Å². The number of nitrogens with one attached hydrogen (secondary N) is 2. The van der Waals surface area contributed by atoms with Crippen LogP contribution in [0, 0.1) is 19.7 Å². The predicted octanol–water partition coefficient (Wildman–Crippen LogP) is 3.38. The van der Waals surface area contributed by atoms with Crippen molar-refractivity contribution in [2.45, 2.75) is 38.1 Å². The van der Waals surface area contributed by atoms with Gasteiger partial charge in [0.2, 0.25) is 0 Å². The summed E-state index contributed by atoms with van der Waals surface area (Å²) in [4.78, 5) is 5.34. The molecule has 0 radical (unpaired) electrons. The molecule has 2 rings (SSSR count). The fourth-order valence-electron chi connectivity index (χ4n) is 2.56. The second kappa shape index (κ2) is 10.9. The van der Waals surface area contributed by atoms with Crippen LogP contribution in [0.1, 0.15) is 24.2 Å². The van der Waals surface area contributed by atoms with E-state index in [4.69, 9.17) is 0 Å². The number of aliphatic imine (C=N–C) groups is 1. The zero-order valence-electron chi connectivity index (χ0n) is 15.8. The molecule has 2 N–H and O–H groups in total. The quantitative estimate of drug-likeness (QED) is 0.304. The van der Waals surface area contributed by atoms with E-state index in [1.165, 1.54) is 17.8 Å². The molecule has 1 heterocycles. The molecule has 0 spiro atoms. The Balaban J connectivity index is 1.56. The van der Waals surface area contributed by atoms with Gasteiger partial charge in [0, 0.05) is 37.3 Å². The van der Waals surface area contributed by atoms with Crippen LogP contribution in [0.2, 0.25) is 0 Å². The first-order chi connectivity index (χ1) is 12.6. The number of nitrogens with zero attached hydrogens (tertiary/aromatic N) is 3. The van der Waals surface area contributed by atoms with Crippen molar-refractivity contribution in [3.05, 3.63) is 47.5 Å². The Labute approximate surface area is 159 Å². The highest BCUT2D eigenvalue weighted by Crippen LogP contribution is 2.18. The molecule has 0 saturated heterocycles. The summed E-state index contributed by atoms with van der Waals surface area (Å²) < 4.78 is 14.9.